The Balaban J connectivity index is 1.59. The number of nitrogens with two attached hydrogens (primary N) is 1. The van der Waals surface area contributed by atoms with Crippen molar-refractivity contribution < 1.29 is 13.5 Å². The first-order valence-electron chi connectivity index (χ1n) is 7.43. The first kappa shape index (κ1) is 13.7. The van der Waals surface area contributed by atoms with Crippen molar-refractivity contribution in [3.63, 3.8) is 0 Å². The number of nitrogen functional groups attached to an aromatic ring is 1. The molecule has 0 radical (unpaired) electrons. The van der Waals surface area contributed by atoms with Gasteiger partial charge < -0.3 is 10.5 Å². The number of hydrogen-bond acceptors (Lipinski definition) is 2. The van der Waals surface area contributed by atoms with E-state index in [0.717, 1.165) is 11.4 Å². The van der Waals surface area contributed by atoms with Gasteiger partial charge in [-0.1, -0.05) is 0 Å². The van der Waals surface area contributed by atoms with Crippen LogP contribution in [-0.2, 0) is 0 Å². The van der Waals surface area contributed by atoms with Gasteiger partial charge in [-0.2, -0.15) is 0 Å². The lowest BCUT2D eigenvalue weighted by molar-refractivity contribution is -0.0498. The van der Waals surface area contributed by atoms with Crippen LogP contribution in [-0.4, -0.2) is 12.5 Å². The van der Waals surface area contributed by atoms with E-state index in [4.69, 9.17) is 10.5 Å². The van der Waals surface area contributed by atoms with Crippen molar-refractivity contribution in [2.24, 2.45) is 5.92 Å². The van der Waals surface area contributed by atoms with Crippen LogP contribution in [0.4, 0.5) is 14.5 Å². The Kier molecular flexibility index (Phi) is 3.57. The number of halogens is 2. The SMILES string of the molecule is Nc1ccc(OCC2CCC(F)(F)CC2)c(C2CC2)c1. The molecular formula is C16H21F2NO. The predicted octanol–water partition coefficient (Wildman–Crippen LogP) is 4.35. The van der Waals surface area contributed by atoms with Crippen molar-refractivity contribution in [3.8, 4) is 5.75 Å². The highest BCUT2D eigenvalue weighted by atomic mass is 19.3. The molecule has 1 aromatic rings. The number of ether oxygens (including phenoxy) is 1. The second kappa shape index (κ2) is 5.23. The summed E-state index contributed by atoms with van der Waals surface area (Å²) < 4.78 is 32.1. The quantitative estimate of drug-likeness (QED) is 0.833. The normalized spacial score (nSPS) is 22.7. The second-order valence-corrected chi connectivity index (χ2v) is 6.18. The van der Waals surface area contributed by atoms with Gasteiger partial charge in [0.25, 0.3) is 0 Å². The molecule has 2 aliphatic carbocycles. The lowest BCUT2D eigenvalue weighted by atomic mass is 9.87. The van der Waals surface area contributed by atoms with Crippen molar-refractivity contribution >= 4 is 5.69 Å². The fraction of sp³-hybridized carbons (Fsp3) is 0.625. The van der Waals surface area contributed by atoms with Crippen LogP contribution >= 0.6 is 0 Å². The molecule has 20 heavy (non-hydrogen) atoms. The highest BCUT2D eigenvalue weighted by Gasteiger charge is 2.35. The third-order valence-corrected chi connectivity index (χ3v) is 4.36. The maximum Gasteiger partial charge on any atom is 0.248 e. The van der Waals surface area contributed by atoms with Gasteiger partial charge in [-0.25, -0.2) is 8.78 Å². The van der Waals surface area contributed by atoms with Gasteiger partial charge in [-0.15, -0.1) is 0 Å². The number of anilines is 1. The van der Waals surface area contributed by atoms with Gasteiger partial charge in [0.1, 0.15) is 5.75 Å². The molecule has 3 rings (SSSR count). The molecule has 2 saturated carbocycles. The highest BCUT2D eigenvalue weighted by molar-refractivity contribution is 5.50. The zero-order valence-electron chi connectivity index (χ0n) is 11.6. The molecule has 110 valence electrons. The van der Waals surface area contributed by atoms with E-state index in [2.05, 4.69) is 0 Å². The predicted molar refractivity (Wildman–Crippen MR) is 75.2 cm³/mol. The van der Waals surface area contributed by atoms with Gasteiger partial charge >= 0.3 is 0 Å². The molecule has 2 nitrogen and oxygen atoms in total. The van der Waals surface area contributed by atoms with E-state index in [1.165, 1.54) is 18.4 Å². The summed E-state index contributed by atoms with van der Waals surface area (Å²) in [7, 11) is 0. The molecule has 2 aliphatic rings. The number of alkyl halides is 2. The summed E-state index contributed by atoms with van der Waals surface area (Å²) in [4.78, 5) is 0. The van der Waals surface area contributed by atoms with Crippen molar-refractivity contribution in [2.75, 3.05) is 12.3 Å². The monoisotopic (exact) mass is 281 g/mol. The number of hydrogen-bond donors (Lipinski definition) is 1. The molecule has 0 spiro atoms. The van der Waals surface area contributed by atoms with Gasteiger partial charge in [0.15, 0.2) is 0 Å². The topological polar surface area (TPSA) is 35.2 Å². The van der Waals surface area contributed by atoms with Gasteiger partial charge in [-0.05, 0) is 61.3 Å². The minimum atomic E-state index is -2.46. The average molecular weight is 281 g/mol. The van der Waals surface area contributed by atoms with Crippen molar-refractivity contribution in [2.45, 2.75) is 50.4 Å². The van der Waals surface area contributed by atoms with Crippen LogP contribution < -0.4 is 10.5 Å². The van der Waals surface area contributed by atoms with Crippen LogP contribution in [0.25, 0.3) is 0 Å². The second-order valence-electron chi connectivity index (χ2n) is 6.18. The highest BCUT2D eigenvalue weighted by Crippen LogP contribution is 2.45. The molecule has 0 heterocycles. The van der Waals surface area contributed by atoms with Gasteiger partial charge in [0.05, 0.1) is 6.61 Å². The lowest BCUT2D eigenvalue weighted by Crippen LogP contribution is -2.27. The third kappa shape index (κ3) is 3.22. The van der Waals surface area contributed by atoms with Crippen LogP contribution in [0.1, 0.15) is 50.0 Å². The Morgan fingerprint density at radius 2 is 1.85 bits per heavy atom. The molecule has 1 aromatic carbocycles. The van der Waals surface area contributed by atoms with Crippen molar-refractivity contribution in [1.29, 1.82) is 0 Å². The first-order valence-corrected chi connectivity index (χ1v) is 7.43. The summed E-state index contributed by atoms with van der Waals surface area (Å²) >= 11 is 0. The molecule has 0 saturated heterocycles. The smallest absolute Gasteiger partial charge is 0.248 e. The van der Waals surface area contributed by atoms with Crippen LogP contribution in [0.15, 0.2) is 18.2 Å². The number of rotatable bonds is 4. The Morgan fingerprint density at radius 1 is 1.15 bits per heavy atom. The molecule has 0 unspecified atom stereocenters. The standard InChI is InChI=1S/C16H21F2NO/c17-16(18)7-5-11(6-8-16)10-20-15-4-3-13(19)9-14(15)12-1-2-12/h3-4,9,11-12H,1-2,5-8,10,19H2. The van der Waals surface area contributed by atoms with Gasteiger partial charge in [-0.3, -0.25) is 0 Å². The Hall–Kier alpha value is -1.32. The van der Waals surface area contributed by atoms with Crippen LogP contribution in [0, 0.1) is 5.92 Å². The summed E-state index contributed by atoms with van der Waals surface area (Å²) in [5, 5.41) is 0. The Morgan fingerprint density at radius 3 is 2.50 bits per heavy atom. The Bertz CT molecular complexity index is 475. The van der Waals surface area contributed by atoms with Crippen LogP contribution in [0.2, 0.25) is 0 Å². The molecule has 0 aliphatic heterocycles. The molecule has 2 fully saturated rings. The maximum absolute atomic E-state index is 13.1. The van der Waals surface area contributed by atoms with Crippen LogP contribution in [0.5, 0.6) is 5.75 Å². The van der Waals surface area contributed by atoms with Gasteiger partial charge in [0.2, 0.25) is 5.92 Å². The first-order chi connectivity index (χ1) is 9.53. The van der Waals surface area contributed by atoms with Crippen molar-refractivity contribution in [1.82, 2.24) is 0 Å². The molecule has 0 atom stereocenters. The fourth-order valence-corrected chi connectivity index (χ4v) is 2.89. The van der Waals surface area contributed by atoms with E-state index in [9.17, 15) is 8.78 Å². The summed E-state index contributed by atoms with van der Waals surface area (Å²) in [6, 6.07) is 5.75. The molecule has 0 amide bonds. The molecule has 2 N–H and O–H groups in total. The zero-order chi connectivity index (χ0) is 14.2. The number of benzene rings is 1. The third-order valence-electron chi connectivity index (χ3n) is 4.36. The lowest BCUT2D eigenvalue weighted by Gasteiger charge is -2.28. The Labute approximate surface area is 118 Å². The van der Waals surface area contributed by atoms with Gasteiger partial charge in [0, 0.05) is 18.5 Å². The van der Waals surface area contributed by atoms with E-state index in [0.29, 0.717) is 25.4 Å². The molecule has 0 aromatic heterocycles. The minimum absolute atomic E-state index is 0.00174. The van der Waals surface area contributed by atoms with Crippen LogP contribution in [0.3, 0.4) is 0 Å². The molecule has 4 heteroatoms. The average Bonchev–Trinajstić information content (AvgIpc) is 3.23. The zero-order valence-corrected chi connectivity index (χ0v) is 11.6. The minimum Gasteiger partial charge on any atom is -0.493 e. The molecule has 0 bridgehead atoms. The van der Waals surface area contributed by atoms with E-state index in [1.54, 1.807) is 0 Å². The fourth-order valence-electron chi connectivity index (χ4n) is 2.89. The summed E-state index contributed by atoms with van der Waals surface area (Å²) in [5.41, 5.74) is 7.77. The van der Waals surface area contributed by atoms with E-state index >= 15 is 0 Å². The maximum atomic E-state index is 13.1. The van der Waals surface area contributed by atoms with Crippen molar-refractivity contribution in [3.05, 3.63) is 23.8 Å². The van der Waals surface area contributed by atoms with E-state index in [1.807, 2.05) is 18.2 Å². The molecular weight excluding hydrogens is 260 g/mol. The summed E-state index contributed by atoms with van der Waals surface area (Å²) in [5.74, 6) is -0.751. The van der Waals surface area contributed by atoms with E-state index in [-0.39, 0.29) is 18.8 Å². The van der Waals surface area contributed by atoms with E-state index < -0.39 is 5.92 Å². The summed E-state index contributed by atoms with van der Waals surface area (Å²) in [6.45, 7) is 0.541. The summed E-state index contributed by atoms with van der Waals surface area (Å²) in [6.07, 6.45) is 3.49. The largest absolute Gasteiger partial charge is 0.493 e.